The fourth-order valence-electron chi connectivity index (χ4n) is 0.895. The molecule has 0 aromatic heterocycles. The summed E-state index contributed by atoms with van der Waals surface area (Å²) in [6.45, 7) is 5.70. The first-order valence-corrected chi connectivity index (χ1v) is 5.07. The number of cyclic esters (lactones) is 1. The monoisotopic (exact) mass is 290 g/mol. The van der Waals surface area contributed by atoms with E-state index in [-0.39, 0.29) is 5.97 Å². The summed E-state index contributed by atoms with van der Waals surface area (Å²) in [7, 11) is 0. The molecule has 1 aliphatic heterocycles. The van der Waals surface area contributed by atoms with Crippen LogP contribution in [0.5, 0.6) is 0 Å². The standard InChI is InChI=1S/C10H11IO2/c1-4-6(2)9(11)8-5-7(3)10(12)13-8/h4-5H,1-3H3/b6-4+,9-8+. The summed E-state index contributed by atoms with van der Waals surface area (Å²) in [5.74, 6) is 0.423. The Morgan fingerprint density at radius 2 is 2.23 bits per heavy atom. The molecule has 13 heavy (non-hydrogen) atoms. The topological polar surface area (TPSA) is 26.3 Å². The molecule has 1 heterocycles. The van der Waals surface area contributed by atoms with Crippen molar-refractivity contribution in [2.24, 2.45) is 0 Å². The van der Waals surface area contributed by atoms with Gasteiger partial charge < -0.3 is 4.74 Å². The normalized spacial score (nSPS) is 21.4. The number of ether oxygens (including phenoxy) is 1. The first-order chi connectivity index (χ1) is 6.06. The molecular formula is C10H11IO2. The molecule has 1 rings (SSSR count). The third-order valence-corrected chi connectivity index (χ3v) is 3.25. The molecule has 2 nitrogen and oxygen atoms in total. The number of hydrogen-bond donors (Lipinski definition) is 0. The number of halogens is 1. The van der Waals surface area contributed by atoms with Crippen LogP contribution in [-0.2, 0) is 9.53 Å². The van der Waals surface area contributed by atoms with Gasteiger partial charge in [0.25, 0.3) is 0 Å². The van der Waals surface area contributed by atoms with Gasteiger partial charge in [0, 0.05) is 5.57 Å². The molecule has 0 fully saturated rings. The van der Waals surface area contributed by atoms with Crippen LogP contribution in [0, 0.1) is 0 Å². The Kier molecular flexibility index (Phi) is 3.30. The molecule has 0 N–H and O–H groups in total. The predicted molar refractivity (Wildman–Crippen MR) is 60.3 cm³/mol. The summed E-state index contributed by atoms with van der Waals surface area (Å²) < 4.78 is 6.05. The summed E-state index contributed by atoms with van der Waals surface area (Å²) >= 11 is 2.18. The molecule has 0 unspecified atom stereocenters. The van der Waals surface area contributed by atoms with Crippen molar-refractivity contribution in [3.05, 3.63) is 32.6 Å². The van der Waals surface area contributed by atoms with E-state index in [1.807, 2.05) is 19.9 Å². The smallest absolute Gasteiger partial charge is 0.339 e. The average Bonchev–Trinajstić information content (AvgIpc) is 2.44. The van der Waals surface area contributed by atoms with E-state index in [4.69, 9.17) is 4.74 Å². The molecule has 0 aliphatic carbocycles. The van der Waals surface area contributed by atoms with Crippen molar-refractivity contribution in [1.82, 2.24) is 0 Å². The summed E-state index contributed by atoms with van der Waals surface area (Å²) in [6.07, 6.45) is 3.77. The van der Waals surface area contributed by atoms with Gasteiger partial charge in [0.15, 0.2) is 0 Å². The molecule has 0 saturated heterocycles. The second-order valence-electron chi connectivity index (χ2n) is 2.87. The van der Waals surface area contributed by atoms with Crippen LogP contribution >= 0.6 is 22.6 Å². The van der Waals surface area contributed by atoms with Crippen LogP contribution in [0.25, 0.3) is 0 Å². The molecule has 3 heteroatoms. The van der Waals surface area contributed by atoms with Crippen molar-refractivity contribution < 1.29 is 9.53 Å². The molecule has 1 aliphatic rings. The van der Waals surface area contributed by atoms with Gasteiger partial charge in [0.2, 0.25) is 0 Å². The van der Waals surface area contributed by atoms with Gasteiger partial charge in [-0.15, -0.1) is 0 Å². The Hall–Kier alpha value is -0.580. The van der Waals surface area contributed by atoms with Crippen LogP contribution in [-0.4, -0.2) is 5.97 Å². The first-order valence-electron chi connectivity index (χ1n) is 3.99. The van der Waals surface area contributed by atoms with E-state index < -0.39 is 0 Å². The SMILES string of the molecule is C/C=C(C)/C(I)=C1/C=C(C)C(=O)O1. The van der Waals surface area contributed by atoms with E-state index in [0.29, 0.717) is 11.3 Å². The molecular weight excluding hydrogens is 279 g/mol. The van der Waals surface area contributed by atoms with Crippen molar-refractivity contribution >= 4 is 28.6 Å². The van der Waals surface area contributed by atoms with Gasteiger partial charge in [-0.3, -0.25) is 0 Å². The predicted octanol–water partition coefficient (Wildman–Crippen LogP) is 3.10. The Morgan fingerprint density at radius 1 is 1.62 bits per heavy atom. The lowest BCUT2D eigenvalue weighted by Crippen LogP contribution is -1.96. The molecule has 0 radical (unpaired) electrons. The third-order valence-electron chi connectivity index (χ3n) is 1.87. The summed E-state index contributed by atoms with van der Waals surface area (Å²) in [6, 6.07) is 0. The molecule has 70 valence electrons. The molecule has 0 bridgehead atoms. The van der Waals surface area contributed by atoms with Crippen LogP contribution in [0.1, 0.15) is 20.8 Å². The zero-order valence-corrected chi connectivity index (χ0v) is 10.0. The van der Waals surface area contributed by atoms with Crippen LogP contribution in [0.15, 0.2) is 32.6 Å². The molecule has 0 amide bonds. The molecule has 0 saturated carbocycles. The highest BCUT2D eigenvalue weighted by Crippen LogP contribution is 2.28. The van der Waals surface area contributed by atoms with Crippen molar-refractivity contribution in [1.29, 1.82) is 0 Å². The maximum atomic E-state index is 11.1. The van der Waals surface area contributed by atoms with E-state index in [9.17, 15) is 4.79 Å². The quantitative estimate of drug-likeness (QED) is 0.548. The van der Waals surface area contributed by atoms with Crippen LogP contribution in [0.3, 0.4) is 0 Å². The minimum atomic E-state index is -0.243. The minimum absolute atomic E-state index is 0.243. The zero-order chi connectivity index (χ0) is 10.0. The van der Waals surface area contributed by atoms with Gasteiger partial charge in [0.1, 0.15) is 5.76 Å². The molecule has 0 spiro atoms. The Morgan fingerprint density at radius 3 is 2.62 bits per heavy atom. The summed E-state index contributed by atoms with van der Waals surface area (Å²) in [4.78, 5) is 11.1. The lowest BCUT2D eigenvalue weighted by molar-refractivity contribution is -0.133. The van der Waals surface area contributed by atoms with Crippen molar-refractivity contribution in [3.8, 4) is 0 Å². The summed E-state index contributed by atoms with van der Waals surface area (Å²) in [5, 5.41) is 0. The lowest BCUT2D eigenvalue weighted by atomic mass is 10.2. The van der Waals surface area contributed by atoms with Gasteiger partial charge in [-0.1, -0.05) is 6.08 Å². The zero-order valence-electron chi connectivity index (χ0n) is 7.85. The van der Waals surface area contributed by atoms with E-state index in [0.717, 1.165) is 9.15 Å². The van der Waals surface area contributed by atoms with Gasteiger partial charge in [-0.25, -0.2) is 4.79 Å². The number of carbonyl (C=O) groups is 1. The molecule has 0 aromatic rings. The molecule has 0 atom stereocenters. The second kappa shape index (κ2) is 4.09. The van der Waals surface area contributed by atoms with Crippen molar-refractivity contribution in [2.75, 3.05) is 0 Å². The van der Waals surface area contributed by atoms with E-state index in [2.05, 4.69) is 22.6 Å². The fraction of sp³-hybridized carbons (Fsp3) is 0.300. The number of hydrogen-bond acceptors (Lipinski definition) is 2. The highest BCUT2D eigenvalue weighted by Gasteiger charge is 2.19. The number of allylic oxidation sites excluding steroid dienone is 4. The highest BCUT2D eigenvalue weighted by molar-refractivity contribution is 14.1. The largest absolute Gasteiger partial charge is 0.422 e. The third kappa shape index (κ3) is 2.21. The van der Waals surface area contributed by atoms with Gasteiger partial charge in [0.05, 0.1) is 3.58 Å². The van der Waals surface area contributed by atoms with Crippen LogP contribution in [0.2, 0.25) is 0 Å². The second-order valence-corrected chi connectivity index (χ2v) is 3.95. The number of rotatable bonds is 1. The van der Waals surface area contributed by atoms with Gasteiger partial charge >= 0.3 is 5.97 Å². The number of esters is 1. The fourth-order valence-corrected chi connectivity index (χ4v) is 1.47. The Bertz CT molecular complexity index is 335. The van der Waals surface area contributed by atoms with E-state index >= 15 is 0 Å². The van der Waals surface area contributed by atoms with Crippen LogP contribution < -0.4 is 0 Å². The van der Waals surface area contributed by atoms with Crippen molar-refractivity contribution in [2.45, 2.75) is 20.8 Å². The van der Waals surface area contributed by atoms with Crippen molar-refractivity contribution in [3.63, 3.8) is 0 Å². The Labute approximate surface area is 91.5 Å². The first kappa shape index (κ1) is 10.5. The van der Waals surface area contributed by atoms with Gasteiger partial charge in [-0.05, 0) is 55.0 Å². The van der Waals surface area contributed by atoms with E-state index in [1.165, 1.54) is 0 Å². The lowest BCUT2D eigenvalue weighted by Gasteiger charge is -2.01. The highest BCUT2D eigenvalue weighted by atomic mass is 127. The van der Waals surface area contributed by atoms with Crippen LogP contribution in [0.4, 0.5) is 0 Å². The van der Waals surface area contributed by atoms with Gasteiger partial charge in [-0.2, -0.15) is 0 Å². The number of carbonyl (C=O) groups excluding carboxylic acids is 1. The van der Waals surface area contributed by atoms with E-state index in [1.54, 1.807) is 13.0 Å². The minimum Gasteiger partial charge on any atom is -0.422 e. The maximum Gasteiger partial charge on any atom is 0.339 e. The Balaban J connectivity index is 3.04. The average molecular weight is 290 g/mol. The maximum absolute atomic E-state index is 11.1. The molecule has 0 aromatic carbocycles. The summed E-state index contributed by atoms with van der Waals surface area (Å²) in [5.41, 5.74) is 1.78.